The van der Waals surface area contributed by atoms with Crippen LogP contribution in [0.3, 0.4) is 0 Å². The average molecular weight is 489 g/mol. The summed E-state index contributed by atoms with van der Waals surface area (Å²) in [5.74, 6) is -1.04. The van der Waals surface area contributed by atoms with Crippen LogP contribution in [0.2, 0.25) is 0 Å². The van der Waals surface area contributed by atoms with Gasteiger partial charge in [0.25, 0.3) is 5.91 Å². The number of nitrogens with zero attached hydrogens (tertiary/aromatic N) is 1. The molecule has 1 aromatic carbocycles. The zero-order valence-corrected chi connectivity index (χ0v) is 18.1. The summed E-state index contributed by atoms with van der Waals surface area (Å²) in [4.78, 5) is 25.8. The van der Waals surface area contributed by atoms with E-state index in [-0.39, 0.29) is 35.7 Å². The van der Waals surface area contributed by atoms with Gasteiger partial charge in [-0.3, -0.25) is 9.59 Å². The highest BCUT2D eigenvalue weighted by molar-refractivity contribution is 7.89. The number of carbonyl (C=O) groups is 2. The van der Waals surface area contributed by atoms with Gasteiger partial charge in [0.05, 0.1) is 16.7 Å². The van der Waals surface area contributed by atoms with Gasteiger partial charge in [0, 0.05) is 32.1 Å². The smallest absolute Gasteiger partial charge is 0.472 e. The minimum Gasteiger partial charge on any atom is -0.472 e. The van der Waals surface area contributed by atoms with Gasteiger partial charge < -0.3 is 19.4 Å². The standard InChI is InChI=1S/C20H22F3N3O6S/c21-20(22,23)32-16-1-3-17(4-2-16)33(29,30)24-9-5-18(27)25-15-6-10-26(11-7-15)19(28)14-8-12-31-13-14/h1-4,8,12-13,15,24H,5-7,9-11H2,(H,25,27). The molecule has 2 aromatic rings. The molecule has 2 amide bonds. The molecule has 0 unspecified atom stereocenters. The Hall–Kier alpha value is -3.06. The second-order valence-corrected chi connectivity index (χ2v) is 9.08. The maximum absolute atomic E-state index is 12.3. The van der Waals surface area contributed by atoms with E-state index in [9.17, 15) is 31.2 Å². The van der Waals surface area contributed by atoms with Crippen LogP contribution < -0.4 is 14.8 Å². The molecule has 3 rings (SSSR count). The van der Waals surface area contributed by atoms with Gasteiger partial charge in [0.1, 0.15) is 12.0 Å². The van der Waals surface area contributed by atoms with E-state index in [1.807, 2.05) is 0 Å². The van der Waals surface area contributed by atoms with Crippen molar-refractivity contribution in [2.45, 2.75) is 36.6 Å². The number of nitrogens with one attached hydrogen (secondary N) is 2. The molecule has 2 heterocycles. The number of hydrogen-bond donors (Lipinski definition) is 2. The van der Waals surface area contributed by atoms with Crippen molar-refractivity contribution in [1.29, 1.82) is 0 Å². The van der Waals surface area contributed by atoms with Gasteiger partial charge in [-0.15, -0.1) is 13.2 Å². The van der Waals surface area contributed by atoms with Gasteiger partial charge in [-0.25, -0.2) is 13.1 Å². The molecule has 0 saturated carbocycles. The van der Waals surface area contributed by atoms with Crippen LogP contribution in [0.5, 0.6) is 5.75 Å². The van der Waals surface area contributed by atoms with Crippen LogP contribution in [-0.2, 0) is 14.8 Å². The van der Waals surface area contributed by atoms with Crippen molar-refractivity contribution < 1.29 is 40.3 Å². The third kappa shape index (κ3) is 7.22. The van der Waals surface area contributed by atoms with Crippen LogP contribution in [0, 0.1) is 0 Å². The maximum Gasteiger partial charge on any atom is 0.573 e. The molecule has 1 aliphatic rings. The molecule has 1 aromatic heterocycles. The summed E-state index contributed by atoms with van der Waals surface area (Å²) in [6.07, 6.45) is -1.07. The van der Waals surface area contributed by atoms with Crippen molar-refractivity contribution in [3.05, 3.63) is 48.4 Å². The Morgan fingerprint density at radius 1 is 1.12 bits per heavy atom. The summed E-state index contributed by atoms with van der Waals surface area (Å²) >= 11 is 0. The first kappa shape index (κ1) is 24.6. The molecule has 1 fully saturated rings. The molecule has 0 spiro atoms. The molecule has 0 radical (unpaired) electrons. The topological polar surface area (TPSA) is 118 Å². The largest absolute Gasteiger partial charge is 0.573 e. The number of amides is 2. The summed E-state index contributed by atoms with van der Waals surface area (Å²) in [5.41, 5.74) is 0.465. The SMILES string of the molecule is O=C(CCNS(=O)(=O)c1ccc(OC(F)(F)F)cc1)NC1CCN(C(=O)c2ccoc2)CC1. The second kappa shape index (κ2) is 10.3. The monoisotopic (exact) mass is 489 g/mol. The number of halogens is 3. The number of alkyl halides is 3. The fourth-order valence-electron chi connectivity index (χ4n) is 3.30. The molecule has 180 valence electrons. The van der Waals surface area contributed by atoms with Crippen LogP contribution >= 0.6 is 0 Å². The third-order valence-corrected chi connectivity index (χ3v) is 6.40. The molecule has 9 nitrogen and oxygen atoms in total. The van der Waals surface area contributed by atoms with Crippen molar-refractivity contribution in [2.75, 3.05) is 19.6 Å². The number of ether oxygens (including phenoxy) is 1. The molecule has 33 heavy (non-hydrogen) atoms. The molecule has 0 bridgehead atoms. The zero-order chi connectivity index (χ0) is 24.1. The van der Waals surface area contributed by atoms with E-state index in [0.717, 1.165) is 24.3 Å². The Morgan fingerprint density at radius 2 is 1.79 bits per heavy atom. The molecular weight excluding hydrogens is 467 g/mol. The first-order valence-corrected chi connectivity index (χ1v) is 11.5. The highest BCUT2D eigenvalue weighted by atomic mass is 32.2. The summed E-state index contributed by atoms with van der Waals surface area (Å²) in [5, 5.41) is 2.82. The molecule has 2 N–H and O–H groups in total. The highest BCUT2D eigenvalue weighted by Crippen LogP contribution is 2.23. The second-order valence-electron chi connectivity index (χ2n) is 7.31. The maximum atomic E-state index is 12.3. The highest BCUT2D eigenvalue weighted by Gasteiger charge is 2.31. The Balaban J connectivity index is 1.40. The van der Waals surface area contributed by atoms with Crippen molar-refractivity contribution in [1.82, 2.24) is 14.9 Å². The van der Waals surface area contributed by atoms with Gasteiger partial charge in [0.2, 0.25) is 15.9 Å². The Morgan fingerprint density at radius 3 is 2.36 bits per heavy atom. The number of sulfonamides is 1. The van der Waals surface area contributed by atoms with E-state index >= 15 is 0 Å². The zero-order valence-electron chi connectivity index (χ0n) is 17.3. The van der Waals surface area contributed by atoms with Crippen molar-refractivity contribution in [2.24, 2.45) is 0 Å². The van der Waals surface area contributed by atoms with Gasteiger partial charge >= 0.3 is 6.36 Å². The quantitative estimate of drug-likeness (QED) is 0.588. The predicted molar refractivity (Wildman–Crippen MR) is 109 cm³/mol. The Bertz CT molecular complexity index is 1050. The predicted octanol–water partition coefficient (Wildman–Crippen LogP) is 2.27. The summed E-state index contributed by atoms with van der Waals surface area (Å²) < 4.78 is 71.9. The first-order chi connectivity index (χ1) is 15.5. The summed E-state index contributed by atoms with van der Waals surface area (Å²) in [6.45, 7) is 0.748. The molecule has 13 heteroatoms. The lowest BCUT2D eigenvalue weighted by Gasteiger charge is -2.32. The van der Waals surface area contributed by atoms with Crippen molar-refractivity contribution in [3.8, 4) is 5.75 Å². The molecule has 0 atom stereocenters. The first-order valence-electron chi connectivity index (χ1n) is 10.00. The Labute approximate surface area is 187 Å². The van der Waals surface area contributed by atoms with E-state index in [1.54, 1.807) is 11.0 Å². The lowest BCUT2D eigenvalue weighted by molar-refractivity contribution is -0.274. The number of furan rings is 1. The Kier molecular flexibility index (Phi) is 7.64. The fourth-order valence-corrected chi connectivity index (χ4v) is 4.33. The molecule has 0 aliphatic carbocycles. The van der Waals surface area contributed by atoms with Crippen LogP contribution in [0.1, 0.15) is 29.6 Å². The van der Waals surface area contributed by atoms with E-state index < -0.39 is 22.1 Å². The van der Waals surface area contributed by atoms with Gasteiger partial charge in [-0.2, -0.15) is 0 Å². The van der Waals surface area contributed by atoms with Gasteiger partial charge in [-0.1, -0.05) is 0 Å². The molecular formula is C20H22F3N3O6S. The fraction of sp³-hybridized carbons (Fsp3) is 0.400. The third-order valence-electron chi connectivity index (χ3n) is 4.93. The lowest BCUT2D eigenvalue weighted by Crippen LogP contribution is -2.46. The van der Waals surface area contributed by atoms with Gasteiger partial charge in [0.15, 0.2) is 0 Å². The molecule has 1 aliphatic heterocycles. The minimum absolute atomic E-state index is 0.122. The lowest BCUT2D eigenvalue weighted by atomic mass is 10.0. The number of piperidine rings is 1. The average Bonchev–Trinajstić information content (AvgIpc) is 3.28. The van der Waals surface area contributed by atoms with Gasteiger partial charge in [-0.05, 0) is 43.2 Å². The number of carbonyl (C=O) groups excluding carboxylic acids is 2. The van der Waals surface area contributed by atoms with E-state index in [1.165, 1.54) is 12.5 Å². The summed E-state index contributed by atoms with van der Waals surface area (Å²) in [6, 6.07) is 5.17. The van der Waals surface area contributed by atoms with Crippen LogP contribution in [0.25, 0.3) is 0 Å². The van der Waals surface area contributed by atoms with Crippen molar-refractivity contribution >= 4 is 21.8 Å². The van der Waals surface area contributed by atoms with E-state index in [0.29, 0.717) is 31.5 Å². The van der Waals surface area contributed by atoms with Crippen molar-refractivity contribution in [3.63, 3.8) is 0 Å². The number of rotatable bonds is 8. The van der Waals surface area contributed by atoms with Crippen LogP contribution in [-0.4, -0.2) is 57.2 Å². The van der Waals surface area contributed by atoms with E-state index in [2.05, 4.69) is 14.8 Å². The van der Waals surface area contributed by atoms with E-state index in [4.69, 9.17) is 4.42 Å². The molecule has 1 saturated heterocycles. The van der Waals surface area contributed by atoms with Crippen LogP contribution in [0.15, 0.2) is 52.2 Å². The normalized spacial score (nSPS) is 15.3. The number of hydrogen-bond acceptors (Lipinski definition) is 6. The summed E-state index contributed by atoms with van der Waals surface area (Å²) in [7, 11) is -4.01. The minimum atomic E-state index is -4.88. The van der Waals surface area contributed by atoms with Crippen LogP contribution in [0.4, 0.5) is 13.2 Å². The number of benzene rings is 1. The number of likely N-dealkylation sites (tertiary alicyclic amines) is 1.